The van der Waals surface area contributed by atoms with E-state index in [2.05, 4.69) is 10.1 Å². The molecule has 34 heavy (non-hydrogen) atoms. The van der Waals surface area contributed by atoms with E-state index >= 15 is 0 Å². The van der Waals surface area contributed by atoms with E-state index in [9.17, 15) is 22.6 Å². The maximum absolute atomic E-state index is 12.2. The summed E-state index contributed by atoms with van der Waals surface area (Å²) in [5.74, 6) is -0.791. The number of hydrogen-bond donors (Lipinski definition) is 2. The first-order valence-corrected chi connectivity index (χ1v) is 12.2. The molecule has 1 saturated carbocycles. The second-order valence-corrected chi connectivity index (χ2v) is 9.23. The summed E-state index contributed by atoms with van der Waals surface area (Å²) >= 11 is 0. The van der Waals surface area contributed by atoms with Crippen LogP contribution in [0.25, 0.3) is 0 Å². The third-order valence-corrected chi connectivity index (χ3v) is 6.42. The lowest BCUT2D eigenvalue weighted by atomic mass is 9.84. The lowest BCUT2D eigenvalue weighted by molar-refractivity contribution is -0.138. The Morgan fingerprint density at radius 3 is 2.35 bits per heavy atom. The van der Waals surface area contributed by atoms with Gasteiger partial charge in [0.2, 0.25) is 0 Å². The van der Waals surface area contributed by atoms with Gasteiger partial charge in [0.25, 0.3) is 10.1 Å². The molecule has 0 spiro atoms. The maximum atomic E-state index is 12.2. The van der Waals surface area contributed by atoms with Gasteiger partial charge in [-0.05, 0) is 42.5 Å². The highest BCUT2D eigenvalue weighted by molar-refractivity contribution is 7.85. The minimum Gasteiger partial charge on any atom is -0.466 e. The number of carbonyl (C=O) groups excluding carboxylic acids is 2. The molecule has 2 aromatic carbocycles. The van der Waals surface area contributed by atoms with Crippen LogP contribution in [0.3, 0.4) is 0 Å². The van der Waals surface area contributed by atoms with Crippen molar-refractivity contribution in [2.24, 2.45) is 0 Å². The molecule has 0 aliphatic heterocycles. The van der Waals surface area contributed by atoms with E-state index in [4.69, 9.17) is 9.47 Å². The number of anilines is 1. The monoisotopic (exact) mass is 489 g/mol. The number of methoxy groups -OCH3 is 2. The third kappa shape index (κ3) is 6.36. The Morgan fingerprint density at radius 2 is 1.71 bits per heavy atom. The predicted molar refractivity (Wildman–Crippen MR) is 124 cm³/mol. The summed E-state index contributed by atoms with van der Waals surface area (Å²) in [6.45, 7) is 0. The average Bonchev–Trinajstić information content (AvgIpc) is 2.84. The van der Waals surface area contributed by atoms with E-state index in [-0.39, 0.29) is 22.0 Å². The van der Waals surface area contributed by atoms with Crippen LogP contribution in [0.5, 0.6) is 11.5 Å². The average molecular weight is 490 g/mol. The fourth-order valence-electron chi connectivity index (χ4n) is 3.87. The molecule has 0 aromatic heterocycles. The van der Waals surface area contributed by atoms with Crippen LogP contribution in [0, 0.1) is 0 Å². The fourth-order valence-corrected chi connectivity index (χ4v) is 4.37. The predicted octanol–water partition coefficient (Wildman–Crippen LogP) is 4.42. The summed E-state index contributed by atoms with van der Waals surface area (Å²) < 4.78 is 48.5. The first kappa shape index (κ1) is 25.3. The summed E-state index contributed by atoms with van der Waals surface area (Å²) in [4.78, 5) is 23.5. The zero-order valence-electron chi connectivity index (χ0n) is 18.9. The number of rotatable bonds is 8. The minimum atomic E-state index is -4.53. The van der Waals surface area contributed by atoms with E-state index in [0.717, 1.165) is 63.7 Å². The molecule has 0 radical (unpaired) electrons. The lowest BCUT2D eigenvalue weighted by Crippen LogP contribution is -2.16. The number of para-hydroxylation sites is 1. The summed E-state index contributed by atoms with van der Waals surface area (Å²) in [6.07, 6.45) is 6.36. The summed E-state index contributed by atoms with van der Waals surface area (Å²) in [5.41, 5.74) is 0.912. The van der Waals surface area contributed by atoms with Gasteiger partial charge in [0.15, 0.2) is 5.75 Å². The van der Waals surface area contributed by atoms with Crippen LogP contribution in [-0.2, 0) is 29.2 Å². The van der Waals surface area contributed by atoms with Crippen LogP contribution in [0.4, 0.5) is 5.69 Å². The van der Waals surface area contributed by atoms with Crippen LogP contribution in [0.1, 0.15) is 43.6 Å². The van der Waals surface area contributed by atoms with Crippen molar-refractivity contribution in [2.75, 3.05) is 19.5 Å². The maximum Gasteiger partial charge on any atom is 0.354 e. The Kier molecular flexibility index (Phi) is 8.30. The molecule has 0 saturated heterocycles. The van der Waals surface area contributed by atoms with Crippen molar-refractivity contribution in [3.63, 3.8) is 0 Å². The Morgan fingerprint density at radius 1 is 1.00 bits per heavy atom. The molecule has 0 atom stereocenters. The fraction of sp³-hybridized carbons (Fsp3) is 0.333. The van der Waals surface area contributed by atoms with Gasteiger partial charge in [-0.3, -0.25) is 4.55 Å². The van der Waals surface area contributed by atoms with Gasteiger partial charge >= 0.3 is 11.9 Å². The molecule has 182 valence electrons. The van der Waals surface area contributed by atoms with Gasteiger partial charge in [-0.15, -0.1) is 0 Å². The first-order chi connectivity index (χ1) is 16.2. The Bertz CT molecular complexity index is 1180. The van der Waals surface area contributed by atoms with Crippen molar-refractivity contribution in [3.05, 3.63) is 59.8 Å². The van der Waals surface area contributed by atoms with E-state index in [0.29, 0.717) is 11.7 Å². The number of benzene rings is 2. The summed E-state index contributed by atoms with van der Waals surface area (Å²) in [5, 5.41) is 2.75. The molecule has 0 amide bonds. The second kappa shape index (κ2) is 11.2. The molecule has 2 aromatic rings. The number of nitrogens with one attached hydrogen (secondary N) is 1. The molecule has 1 fully saturated rings. The summed E-state index contributed by atoms with van der Waals surface area (Å²) in [7, 11) is -2.22. The van der Waals surface area contributed by atoms with Crippen molar-refractivity contribution in [1.82, 2.24) is 0 Å². The Labute approximate surface area is 198 Å². The van der Waals surface area contributed by atoms with E-state index in [1.54, 1.807) is 12.1 Å². The highest BCUT2D eigenvalue weighted by Gasteiger charge is 2.22. The highest BCUT2D eigenvalue weighted by Crippen LogP contribution is 2.41. The molecule has 9 nitrogen and oxygen atoms in total. The van der Waals surface area contributed by atoms with Gasteiger partial charge in [0.1, 0.15) is 11.4 Å². The van der Waals surface area contributed by atoms with E-state index < -0.39 is 22.1 Å². The van der Waals surface area contributed by atoms with Gasteiger partial charge in [-0.2, -0.15) is 8.42 Å². The van der Waals surface area contributed by atoms with Gasteiger partial charge in [0, 0.05) is 6.07 Å². The highest BCUT2D eigenvalue weighted by atomic mass is 32.2. The Balaban J connectivity index is 2.05. The molecular formula is C24H27NO8S. The van der Waals surface area contributed by atoms with Gasteiger partial charge in [-0.1, -0.05) is 37.5 Å². The zero-order valence-corrected chi connectivity index (χ0v) is 19.8. The number of hydrogen-bond acceptors (Lipinski definition) is 8. The molecule has 0 bridgehead atoms. The van der Waals surface area contributed by atoms with Crippen LogP contribution in [0.15, 0.2) is 59.1 Å². The number of esters is 2. The largest absolute Gasteiger partial charge is 0.466 e. The van der Waals surface area contributed by atoms with E-state index in [1.807, 2.05) is 12.1 Å². The van der Waals surface area contributed by atoms with E-state index in [1.165, 1.54) is 12.5 Å². The summed E-state index contributed by atoms with van der Waals surface area (Å²) in [6, 6.07) is 11.1. The lowest BCUT2D eigenvalue weighted by Gasteiger charge is -2.24. The van der Waals surface area contributed by atoms with Crippen molar-refractivity contribution in [1.29, 1.82) is 0 Å². The van der Waals surface area contributed by atoms with Gasteiger partial charge in [0.05, 0.1) is 30.9 Å². The molecule has 2 N–H and O–H groups in total. The number of ether oxygens (including phenoxy) is 3. The van der Waals surface area contributed by atoms with Gasteiger partial charge < -0.3 is 19.5 Å². The van der Waals surface area contributed by atoms with Crippen LogP contribution < -0.4 is 10.1 Å². The first-order valence-electron chi connectivity index (χ1n) is 10.8. The molecular weight excluding hydrogens is 462 g/mol. The van der Waals surface area contributed by atoms with Crippen molar-refractivity contribution < 1.29 is 36.8 Å². The molecule has 3 rings (SSSR count). The standard InChI is InChI=1S/C24H27NO8S/c1-31-23(26)15-20(24(27)32-2)25-19-13-12-17(34(28,29)30)14-22(19)33-21-11-7-6-10-18(21)16-8-4-3-5-9-16/h6-7,10-16,25H,3-5,8-9H2,1-2H3,(H,28,29,30)/b20-15+. The molecule has 1 aliphatic carbocycles. The van der Waals surface area contributed by atoms with Crippen LogP contribution in [-0.4, -0.2) is 39.1 Å². The topological polar surface area (TPSA) is 128 Å². The van der Waals surface area contributed by atoms with Crippen molar-refractivity contribution in [3.8, 4) is 11.5 Å². The Hall–Kier alpha value is -3.37. The van der Waals surface area contributed by atoms with Crippen molar-refractivity contribution >= 4 is 27.7 Å². The molecule has 0 unspecified atom stereocenters. The molecule has 0 heterocycles. The van der Waals surface area contributed by atoms with Crippen LogP contribution in [0.2, 0.25) is 0 Å². The molecule has 1 aliphatic rings. The normalized spacial score (nSPS) is 14.9. The van der Waals surface area contributed by atoms with Gasteiger partial charge in [-0.25, -0.2) is 9.59 Å². The van der Waals surface area contributed by atoms with Crippen molar-refractivity contribution in [2.45, 2.75) is 42.9 Å². The number of carbonyl (C=O) groups is 2. The SMILES string of the molecule is COC(=O)/C=C(/Nc1ccc(S(=O)(=O)O)cc1Oc1ccccc1C1CCCCC1)C(=O)OC. The zero-order chi connectivity index (χ0) is 24.7. The second-order valence-electron chi connectivity index (χ2n) is 7.81. The minimum absolute atomic E-state index is 0.0260. The smallest absolute Gasteiger partial charge is 0.354 e. The van der Waals surface area contributed by atoms with Crippen LogP contribution >= 0.6 is 0 Å². The quantitative estimate of drug-likeness (QED) is 0.315. The third-order valence-electron chi connectivity index (χ3n) is 5.57. The molecule has 10 heteroatoms.